The van der Waals surface area contributed by atoms with Gasteiger partial charge >= 0.3 is 12.0 Å². The van der Waals surface area contributed by atoms with Crippen LogP contribution in [0, 0.1) is 23.7 Å². The Balaban J connectivity index is 1.65. The van der Waals surface area contributed by atoms with E-state index in [-0.39, 0.29) is 17.9 Å². The average Bonchev–Trinajstić information content (AvgIpc) is 2.89. The number of likely N-dealkylation sites (tertiary alicyclic amines) is 1. The van der Waals surface area contributed by atoms with Crippen molar-refractivity contribution in [3.8, 4) is 0 Å². The zero-order valence-electron chi connectivity index (χ0n) is 10.3. The smallest absolute Gasteiger partial charge is 0.317 e. The van der Waals surface area contributed by atoms with Gasteiger partial charge in [0.1, 0.15) is 0 Å². The number of aliphatic carboxylic acids is 1. The number of nitrogens with one attached hydrogen (secondary N) is 1. The fraction of sp³-hybridized carbons (Fsp3) is 0.833. The van der Waals surface area contributed by atoms with E-state index in [1.54, 1.807) is 11.8 Å². The van der Waals surface area contributed by atoms with Crippen molar-refractivity contribution in [3.63, 3.8) is 0 Å². The highest BCUT2D eigenvalue weighted by atomic mass is 16.4. The van der Waals surface area contributed by atoms with Crippen LogP contribution in [0.3, 0.4) is 0 Å². The van der Waals surface area contributed by atoms with Crippen molar-refractivity contribution in [2.75, 3.05) is 19.6 Å². The van der Waals surface area contributed by atoms with Gasteiger partial charge in [0.2, 0.25) is 0 Å². The van der Waals surface area contributed by atoms with Gasteiger partial charge in [-0.1, -0.05) is 13.8 Å². The third-order valence-corrected chi connectivity index (χ3v) is 4.09. The average molecular weight is 240 g/mol. The minimum atomic E-state index is -0.776. The molecule has 17 heavy (non-hydrogen) atoms. The highest BCUT2D eigenvalue weighted by Crippen LogP contribution is 2.36. The molecule has 1 saturated heterocycles. The minimum Gasteiger partial charge on any atom is -0.481 e. The lowest BCUT2D eigenvalue weighted by Crippen LogP contribution is -2.56. The molecule has 2 N–H and O–H groups in total. The number of hydrogen-bond acceptors (Lipinski definition) is 2. The van der Waals surface area contributed by atoms with Crippen LogP contribution in [0.25, 0.3) is 0 Å². The number of nitrogens with zero attached hydrogens (tertiary/aromatic N) is 1. The molecule has 3 unspecified atom stereocenters. The zero-order chi connectivity index (χ0) is 12.6. The fourth-order valence-corrected chi connectivity index (χ4v) is 2.21. The number of carbonyl (C=O) groups is 2. The number of hydrogen-bond donors (Lipinski definition) is 2. The molecular formula is C12H20N2O3. The monoisotopic (exact) mass is 240 g/mol. The molecular weight excluding hydrogens is 220 g/mol. The van der Waals surface area contributed by atoms with E-state index in [0.29, 0.717) is 19.0 Å². The highest BCUT2D eigenvalue weighted by molar-refractivity contribution is 5.76. The first-order valence-corrected chi connectivity index (χ1v) is 6.24. The van der Waals surface area contributed by atoms with Gasteiger partial charge in [-0.3, -0.25) is 4.79 Å². The molecule has 5 nitrogen and oxygen atoms in total. The molecule has 5 heteroatoms. The lowest BCUT2D eigenvalue weighted by Gasteiger charge is -2.41. The van der Waals surface area contributed by atoms with Crippen molar-refractivity contribution < 1.29 is 14.7 Å². The van der Waals surface area contributed by atoms with E-state index in [2.05, 4.69) is 12.2 Å². The van der Waals surface area contributed by atoms with E-state index in [4.69, 9.17) is 5.11 Å². The molecule has 1 aliphatic carbocycles. The van der Waals surface area contributed by atoms with Crippen molar-refractivity contribution >= 4 is 12.0 Å². The quantitative estimate of drug-likeness (QED) is 0.770. The zero-order valence-corrected chi connectivity index (χ0v) is 10.3. The first-order chi connectivity index (χ1) is 7.99. The first-order valence-electron chi connectivity index (χ1n) is 6.24. The Hall–Kier alpha value is -1.26. The molecule has 2 rings (SSSR count). The van der Waals surface area contributed by atoms with Crippen LogP contribution in [-0.2, 0) is 4.79 Å². The Kier molecular flexibility index (Phi) is 3.26. The van der Waals surface area contributed by atoms with Crippen LogP contribution in [0.5, 0.6) is 0 Å². The van der Waals surface area contributed by atoms with Gasteiger partial charge in [-0.2, -0.15) is 0 Å². The van der Waals surface area contributed by atoms with E-state index in [1.807, 2.05) is 0 Å². The van der Waals surface area contributed by atoms with Crippen LogP contribution in [0.1, 0.15) is 20.3 Å². The maximum Gasteiger partial charge on any atom is 0.317 e. The number of carbonyl (C=O) groups excluding carboxylic acids is 1. The second-order valence-electron chi connectivity index (χ2n) is 5.45. The van der Waals surface area contributed by atoms with Crippen molar-refractivity contribution in [2.24, 2.45) is 23.7 Å². The second kappa shape index (κ2) is 4.55. The molecule has 1 heterocycles. The third-order valence-electron chi connectivity index (χ3n) is 4.09. The van der Waals surface area contributed by atoms with Gasteiger partial charge in [-0.25, -0.2) is 4.79 Å². The van der Waals surface area contributed by atoms with Gasteiger partial charge in [0.25, 0.3) is 0 Å². The molecule has 2 fully saturated rings. The Bertz CT molecular complexity index is 326. The molecule has 2 aliphatic rings. The van der Waals surface area contributed by atoms with Crippen molar-refractivity contribution in [2.45, 2.75) is 20.3 Å². The Morgan fingerprint density at radius 3 is 2.53 bits per heavy atom. The molecule has 96 valence electrons. The molecule has 1 aliphatic heterocycles. The van der Waals surface area contributed by atoms with E-state index >= 15 is 0 Å². The summed E-state index contributed by atoms with van der Waals surface area (Å²) in [7, 11) is 0. The predicted molar refractivity (Wildman–Crippen MR) is 62.5 cm³/mol. The van der Waals surface area contributed by atoms with Gasteiger partial charge in [-0.15, -0.1) is 0 Å². The van der Waals surface area contributed by atoms with E-state index in [0.717, 1.165) is 12.5 Å². The normalized spacial score (nSPS) is 29.4. The van der Waals surface area contributed by atoms with E-state index < -0.39 is 5.97 Å². The number of amides is 2. The molecule has 0 aromatic rings. The first kappa shape index (κ1) is 12.2. The summed E-state index contributed by atoms with van der Waals surface area (Å²) in [6, 6.07) is -0.0436. The fourth-order valence-electron chi connectivity index (χ4n) is 2.21. The summed E-state index contributed by atoms with van der Waals surface area (Å²) in [6.45, 7) is 5.79. The summed E-state index contributed by atoms with van der Waals surface area (Å²) < 4.78 is 0. The van der Waals surface area contributed by atoms with Gasteiger partial charge < -0.3 is 15.3 Å². The van der Waals surface area contributed by atoms with Crippen molar-refractivity contribution in [3.05, 3.63) is 0 Å². The Morgan fingerprint density at radius 2 is 2.06 bits per heavy atom. The summed E-state index contributed by atoms with van der Waals surface area (Å²) in [5, 5.41) is 11.7. The summed E-state index contributed by atoms with van der Waals surface area (Å²) >= 11 is 0. The number of carboxylic acids is 1. The summed E-state index contributed by atoms with van der Waals surface area (Å²) in [6.07, 6.45) is 1.21. The van der Waals surface area contributed by atoms with Gasteiger partial charge in [-0.05, 0) is 18.3 Å². The molecule has 0 radical (unpaired) electrons. The van der Waals surface area contributed by atoms with Crippen LogP contribution in [0.4, 0.5) is 4.79 Å². The third kappa shape index (κ3) is 2.70. The topological polar surface area (TPSA) is 69.6 Å². The summed E-state index contributed by atoms with van der Waals surface area (Å²) in [5.74, 6) is 0.364. The van der Waals surface area contributed by atoms with Crippen LogP contribution in [-0.4, -0.2) is 41.6 Å². The predicted octanol–water partition coefficient (Wildman–Crippen LogP) is 1.00. The van der Waals surface area contributed by atoms with E-state index in [9.17, 15) is 9.59 Å². The van der Waals surface area contributed by atoms with Gasteiger partial charge in [0.15, 0.2) is 0 Å². The Labute approximate surface area is 101 Å². The van der Waals surface area contributed by atoms with Crippen LogP contribution < -0.4 is 5.32 Å². The summed E-state index contributed by atoms with van der Waals surface area (Å²) in [4.78, 5) is 24.1. The molecule has 3 atom stereocenters. The van der Waals surface area contributed by atoms with Crippen molar-refractivity contribution in [1.82, 2.24) is 10.2 Å². The maximum atomic E-state index is 11.7. The van der Waals surface area contributed by atoms with Gasteiger partial charge in [0.05, 0.1) is 5.92 Å². The van der Waals surface area contributed by atoms with E-state index in [1.165, 1.54) is 6.42 Å². The molecule has 0 aromatic carbocycles. The molecule has 0 spiro atoms. The minimum absolute atomic E-state index is 0.0436. The molecule has 1 saturated carbocycles. The van der Waals surface area contributed by atoms with Crippen LogP contribution >= 0.6 is 0 Å². The Morgan fingerprint density at radius 1 is 1.47 bits per heavy atom. The lowest BCUT2D eigenvalue weighted by molar-refractivity contribution is -0.144. The molecule has 0 bridgehead atoms. The second-order valence-corrected chi connectivity index (χ2v) is 5.45. The SMILES string of the molecule is CC1CC1CNC(=O)N1CC(C(C)C(=O)O)C1. The molecule has 0 aromatic heterocycles. The largest absolute Gasteiger partial charge is 0.481 e. The number of rotatable bonds is 4. The van der Waals surface area contributed by atoms with Crippen LogP contribution in [0.2, 0.25) is 0 Å². The highest BCUT2D eigenvalue weighted by Gasteiger charge is 2.38. The van der Waals surface area contributed by atoms with Crippen molar-refractivity contribution in [1.29, 1.82) is 0 Å². The number of urea groups is 1. The standard InChI is InChI=1S/C12H20N2O3/c1-7-3-9(7)4-13-12(17)14-5-10(6-14)8(2)11(15)16/h7-10H,3-6H2,1-2H3,(H,13,17)(H,15,16). The van der Waals surface area contributed by atoms with Crippen LogP contribution in [0.15, 0.2) is 0 Å². The van der Waals surface area contributed by atoms with Gasteiger partial charge in [0, 0.05) is 25.6 Å². The lowest BCUT2D eigenvalue weighted by atomic mass is 9.87. The maximum absolute atomic E-state index is 11.7. The molecule has 2 amide bonds. The summed E-state index contributed by atoms with van der Waals surface area (Å²) in [5.41, 5.74) is 0. The number of carboxylic acid groups (broad SMARTS) is 1.